The molecule has 0 aromatic carbocycles. The number of carbonyl (C=O) groups excluding carboxylic acids is 1. The number of halogens is 4. The smallest absolute Gasteiger partial charge is 0.352 e. The molecule has 5 nitrogen and oxygen atoms in total. The summed E-state index contributed by atoms with van der Waals surface area (Å²) in [5.74, 6) is 0.971. The third-order valence-electron chi connectivity index (χ3n) is 4.80. The first-order chi connectivity index (χ1) is 13.1. The van der Waals surface area contributed by atoms with E-state index in [1.165, 1.54) is 0 Å². The van der Waals surface area contributed by atoms with Crippen LogP contribution in [-0.2, 0) is 6.18 Å². The summed E-state index contributed by atoms with van der Waals surface area (Å²) in [5, 5.41) is 2.98. The molecule has 0 bridgehead atoms. The maximum absolute atomic E-state index is 12.7. The van der Waals surface area contributed by atoms with Crippen LogP contribution in [0.25, 0.3) is 0 Å². The fourth-order valence-corrected chi connectivity index (χ4v) is 3.43. The molecular formula is C19H28ClF3N4O. The SMILES string of the molecule is CC(C)CCC[C@H](C)NC(=O)N1CCN(c2ncc(C(F)(F)F)cc2Cl)CC1. The molecule has 0 saturated carbocycles. The lowest BCUT2D eigenvalue weighted by Crippen LogP contribution is -2.53. The van der Waals surface area contributed by atoms with Crippen LogP contribution in [0.1, 0.15) is 45.6 Å². The van der Waals surface area contributed by atoms with Crippen molar-refractivity contribution in [2.45, 2.75) is 52.3 Å². The monoisotopic (exact) mass is 420 g/mol. The molecule has 2 heterocycles. The number of aromatic nitrogens is 1. The third-order valence-corrected chi connectivity index (χ3v) is 5.08. The van der Waals surface area contributed by atoms with Gasteiger partial charge in [-0.25, -0.2) is 9.78 Å². The van der Waals surface area contributed by atoms with Crippen LogP contribution in [0, 0.1) is 5.92 Å². The fraction of sp³-hybridized carbons (Fsp3) is 0.684. The molecule has 1 atom stereocenters. The highest BCUT2D eigenvalue weighted by molar-refractivity contribution is 6.33. The quantitative estimate of drug-likeness (QED) is 0.719. The zero-order chi connectivity index (χ0) is 20.9. The number of nitrogens with zero attached hydrogens (tertiary/aromatic N) is 3. The molecule has 1 aliphatic rings. The fourth-order valence-electron chi connectivity index (χ4n) is 3.15. The van der Waals surface area contributed by atoms with E-state index in [1.54, 1.807) is 9.80 Å². The van der Waals surface area contributed by atoms with Crippen molar-refractivity contribution >= 4 is 23.4 Å². The van der Waals surface area contributed by atoms with Gasteiger partial charge in [0.25, 0.3) is 0 Å². The van der Waals surface area contributed by atoms with Gasteiger partial charge in [-0.3, -0.25) is 0 Å². The van der Waals surface area contributed by atoms with Crippen LogP contribution in [0.15, 0.2) is 12.3 Å². The van der Waals surface area contributed by atoms with E-state index in [0.29, 0.717) is 37.9 Å². The zero-order valence-electron chi connectivity index (χ0n) is 16.5. The van der Waals surface area contributed by atoms with Gasteiger partial charge in [0.1, 0.15) is 5.82 Å². The van der Waals surface area contributed by atoms with E-state index in [2.05, 4.69) is 24.1 Å². The predicted octanol–water partition coefficient (Wildman–Crippen LogP) is 4.80. The van der Waals surface area contributed by atoms with E-state index in [1.807, 2.05) is 6.92 Å². The summed E-state index contributed by atoms with van der Waals surface area (Å²) in [6.45, 7) is 8.22. The largest absolute Gasteiger partial charge is 0.417 e. The van der Waals surface area contributed by atoms with Crippen LogP contribution < -0.4 is 10.2 Å². The standard InChI is InChI=1S/C19H28ClF3N4O/c1-13(2)5-4-6-14(3)25-18(28)27-9-7-26(8-10-27)17-16(20)11-15(12-24-17)19(21,22)23/h11-14H,4-10H2,1-3H3,(H,25,28)/t14-/m0/s1. The lowest BCUT2D eigenvalue weighted by Gasteiger charge is -2.36. The molecule has 0 radical (unpaired) electrons. The number of rotatable bonds is 6. The van der Waals surface area contributed by atoms with Gasteiger partial charge in [0.2, 0.25) is 0 Å². The molecule has 2 amide bonds. The van der Waals surface area contributed by atoms with E-state index in [9.17, 15) is 18.0 Å². The first-order valence-electron chi connectivity index (χ1n) is 9.61. The van der Waals surface area contributed by atoms with Crippen molar-refractivity contribution in [2.75, 3.05) is 31.1 Å². The van der Waals surface area contributed by atoms with Gasteiger partial charge in [-0.15, -0.1) is 0 Å². The molecule has 9 heteroatoms. The van der Waals surface area contributed by atoms with Gasteiger partial charge in [-0.2, -0.15) is 13.2 Å². The van der Waals surface area contributed by atoms with Crippen molar-refractivity contribution in [2.24, 2.45) is 5.92 Å². The molecule has 158 valence electrons. The summed E-state index contributed by atoms with van der Waals surface area (Å²) in [5.41, 5.74) is -0.870. The number of nitrogens with one attached hydrogen (secondary N) is 1. The Morgan fingerprint density at radius 1 is 1.21 bits per heavy atom. The molecule has 1 saturated heterocycles. The Labute approximate surface area is 169 Å². The topological polar surface area (TPSA) is 48.5 Å². The predicted molar refractivity (Wildman–Crippen MR) is 105 cm³/mol. The summed E-state index contributed by atoms with van der Waals surface area (Å²) in [6, 6.07) is 0.889. The molecule has 28 heavy (non-hydrogen) atoms. The van der Waals surface area contributed by atoms with Gasteiger partial charge in [0.05, 0.1) is 10.6 Å². The Hall–Kier alpha value is -1.70. The molecule has 2 rings (SSSR count). The summed E-state index contributed by atoms with van der Waals surface area (Å²) in [7, 11) is 0. The van der Waals surface area contributed by atoms with Gasteiger partial charge in [0, 0.05) is 38.4 Å². The summed E-state index contributed by atoms with van der Waals surface area (Å²) in [4.78, 5) is 19.8. The number of piperazine rings is 1. The normalized spacial score (nSPS) is 16.4. The van der Waals surface area contributed by atoms with E-state index in [-0.39, 0.29) is 17.1 Å². The Kier molecular flexibility index (Phi) is 7.80. The van der Waals surface area contributed by atoms with Crippen LogP contribution in [0.5, 0.6) is 0 Å². The van der Waals surface area contributed by atoms with Crippen LogP contribution in [-0.4, -0.2) is 48.1 Å². The first kappa shape index (κ1) is 22.6. The maximum Gasteiger partial charge on any atom is 0.417 e. The van der Waals surface area contributed by atoms with Crippen molar-refractivity contribution < 1.29 is 18.0 Å². The highest BCUT2D eigenvalue weighted by Gasteiger charge is 2.32. The van der Waals surface area contributed by atoms with Crippen LogP contribution in [0.3, 0.4) is 0 Å². The van der Waals surface area contributed by atoms with Crippen LogP contribution >= 0.6 is 11.6 Å². The van der Waals surface area contributed by atoms with Crippen LogP contribution in [0.2, 0.25) is 5.02 Å². The van der Waals surface area contributed by atoms with Crippen molar-refractivity contribution in [3.8, 4) is 0 Å². The number of pyridine rings is 1. The zero-order valence-corrected chi connectivity index (χ0v) is 17.3. The minimum atomic E-state index is -4.47. The average molecular weight is 421 g/mol. The van der Waals surface area contributed by atoms with Crippen molar-refractivity contribution in [3.05, 3.63) is 22.8 Å². The molecule has 1 aromatic rings. The van der Waals surface area contributed by atoms with Crippen LogP contribution in [0.4, 0.5) is 23.8 Å². The average Bonchev–Trinajstić information content (AvgIpc) is 2.60. The van der Waals surface area contributed by atoms with Gasteiger partial charge >= 0.3 is 12.2 Å². The van der Waals surface area contributed by atoms with Gasteiger partial charge in [-0.05, 0) is 25.3 Å². The number of anilines is 1. The minimum Gasteiger partial charge on any atom is -0.352 e. The number of amides is 2. The lowest BCUT2D eigenvalue weighted by molar-refractivity contribution is -0.137. The van der Waals surface area contributed by atoms with E-state index < -0.39 is 11.7 Å². The number of alkyl halides is 3. The lowest BCUT2D eigenvalue weighted by atomic mass is 10.0. The van der Waals surface area contributed by atoms with Gasteiger partial charge < -0.3 is 15.1 Å². The summed E-state index contributed by atoms with van der Waals surface area (Å²) >= 11 is 6.01. The summed E-state index contributed by atoms with van der Waals surface area (Å²) < 4.78 is 38.2. The molecule has 1 aromatic heterocycles. The number of carbonyl (C=O) groups is 1. The minimum absolute atomic E-state index is 0.0356. The van der Waals surface area contributed by atoms with E-state index in [4.69, 9.17) is 11.6 Å². The molecular weight excluding hydrogens is 393 g/mol. The third kappa shape index (κ3) is 6.43. The molecule has 1 fully saturated rings. The first-order valence-corrected chi connectivity index (χ1v) is 9.99. The Morgan fingerprint density at radius 3 is 2.39 bits per heavy atom. The van der Waals surface area contributed by atoms with Crippen molar-refractivity contribution in [3.63, 3.8) is 0 Å². The number of hydrogen-bond acceptors (Lipinski definition) is 3. The Morgan fingerprint density at radius 2 is 1.86 bits per heavy atom. The second-order valence-corrected chi connectivity index (χ2v) is 8.08. The Bertz CT molecular complexity index is 661. The molecule has 1 N–H and O–H groups in total. The maximum atomic E-state index is 12.7. The van der Waals surface area contributed by atoms with Gasteiger partial charge in [-0.1, -0.05) is 38.3 Å². The van der Waals surface area contributed by atoms with Crippen molar-refractivity contribution in [1.82, 2.24) is 15.2 Å². The highest BCUT2D eigenvalue weighted by atomic mass is 35.5. The number of hydrogen-bond donors (Lipinski definition) is 1. The molecule has 1 aliphatic heterocycles. The second-order valence-electron chi connectivity index (χ2n) is 7.68. The second kappa shape index (κ2) is 9.67. The summed E-state index contributed by atoms with van der Waals surface area (Å²) in [6.07, 6.45) is -0.531. The van der Waals surface area contributed by atoms with E-state index in [0.717, 1.165) is 31.5 Å². The Balaban J connectivity index is 1.84. The van der Waals surface area contributed by atoms with Crippen molar-refractivity contribution in [1.29, 1.82) is 0 Å². The van der Waals surface area contributed by atoms with E-state index >= 15 is 0 Å². The molecule has 0 unspecified atom stereocenters. The van der Waals surface area contributed by atoms with Gasteiger partial charge in [0.15, 0.2) is 0 Å². The molecule has 0 spiro atoms. The molecule has 0 aliphatic carbocycles. The highest BCUT2D eigenvalue weighted by Crippen LogP contribution is 2.33. The number of urea groups is 1.